The second kappa shape index (κ2) is 12.6. The zero-order valence-electron chi connectivity index (χ0n) is 19.8. The first-order valence-corrected chi connectivity index (χ1v) is 11.9. The van der Waals surface area contributed by atoms with E-state index in [0.717, 1.165) is 19.1 Å². The molecular formula is C24H16Cl3F10NO2. The number of carbonyl (C=O) groups excluding carboxylic acids is 2. The summed E-state index contributed by atoms with van der Waals surface area (Å²) in [5, 5.41) is 0.427. The summed E-state index contributed by atoms with van der Waals surface area (Å²) >= 11 is 17.2. The minimum Gasteiger partial charge on any atom is -0.347 e. The second-order valence-corrected chi connectivity index (χ2v) is 9.64. The maximum absolute atomic E-state index is 15.0. The summed E-state index contributed by atoms with van der Waals surface area (Å²) in [6, 6.07) is 2.72. The van der Waals surface area contributed by atoms with Crippen LogP contribution in [0.25, 0.3) is 5.83 Å². The van der Waals surface area contributed by atoms with Gasteiger partial charge in [-0.3, -0.25) is 9.59 Å². The average molecular weight is 647 g/mol. The highest BCUT2D eigenvalue weighted by Crippen LogP contribution is 2.43. The van der Waals surface area contributed by atoms with Crippen LogP contribution in [0.3, 0.4) is 0 Å². The molecule has 0 spiro atoms. The molecule has 220 valence electrons. The molecule has 1 N–H and O–H groups in total. The molecule has 2 aromatic rings. The Morgan fingerprint density at radius 2 is 1.48 bits per heavy atom. The lowest BCUT2D eigenvalue weighted by molar-refractivity contribution is -0.140. The Labute approximate surface area is 235 Å². The summed E-state index contributed by atoms with van der Waals surface area (Å²) in [5.74, 6) is -8.51. The molecule has 2 rings (SSSR count). The van der Waals surface area contributed by atoms with Crippen LogP contribution in [0.2, 0.25) is 15.1 Å². The van der Waals surface area contributed by atoms with Crippen LogP contribution in [0.1, 0.15) is 46.3 Å². The van der Waals surface area contributed by atoms with E-state index in [9.17, 15) is 53.5 Å². The Balaban J connectivity index is 2.45. The number of nitrogens with one attached hydrogen (secondary N) is 1. The van der Waals surface area contributed by atoms with Gasteiger partial charge in [-0.25, -0.2) is 4.39 Å². The molecule has 16 heteroatoms. The molecule has 0 heterocycles. The highest BCUT2D eigenvalue weighted by atomic mass is 35.5. The third kappa shape index (κ3) is 9.00. The van der Waals surface area contributed by atoms with E-state index in [1.807, 2.05) is 0 Å². The third-order valence-corrected chi connectivity index (χ3v) is 6.53. The average Bonchev–Trinajstić information content (AvgIpc) is 2.81. The SMILES string of the molecule is C[C@@H](CC(=O)c1ccc(/C(F)=C\C(c2cc(Cl)c(Cl)c(Cl)c2)C(F)(F)F)cc1C(F)(F)F)C(=O)NCC(F)(F)F. The minimum absolute atomic E-state index is 0.0139. The summed E-state index contributed by atoms with van der Waals surface area (Å²) in [7, 11) is 0. The summed E-state index contributed by atoms with van der Waals surface area (Å²) in [6.45, 7) is -0.730. The molecule has 2 atom stereocenters. The first-order chi connectivity index (χ1) is 18.1. The normalized spacial score (nSPS) is 14.6. The molecule has 0 aliphatic rings. The van der Waals surface area contributed by atoms with Gasteiger partial charge in [0.2, 0.25) is 5.91 Å². The standard InChI is InChI=1S/C24H16Cl3F10NO2/c1-10(21(40)38-9-22(29,30)31)4-19(39)13-3-2-11(5-15(13)24(35,36)37)18(28)8-14(23(32,33)34)12-6-16(25)20(27)17(26)7-12/h2-3,5-8,10,14H,4,9H2,1H3,(H,38,40)/b18-8+/t10-,14?/m0/s1. The molecule has 0 fully saturated rings. The molecule has 0 aliphatic carbocycles. The van der Waals surface area contributed by atoms with E-state index in [0.29, 0.717) is 12.1 Å². The van der Waals surface area contributed by atoms with Crippen molar-refractivity contribution in [2.45, 2.75) is 37.8 Å². The molecule has 3 nitrogen and oxygen atoms in total. The maximum atomic E-state index is 15.0. The van der Waals surface area contributed by atoms with E-state index in [1.54, 1.807) is 0 Å². The predicted molar refractivity (Wildman–Crippen MR) is 128 cm³/mol. The van der Waals surface area contributed by atoms with E-state index in [4.69, 9.17) is 34.8 Å². The number of amides is 1. The van der Waals surface area contributed by atoms with E-state index < -0.39 is 93.1 Å². The zero-order chi connectivity index (χ0) is 30.8. The van der Waals surface area contributed by atoms with Crippen LogP contribution >= 0.6 is 34.8 Å². The number of rotatable bonds is 8. The quantitative estimate of drug-likeness (QED) is 0.177. The van der Waals surface area contributed by atoms with Crippen molar-refractivity contribution < 1.29 is 53.5 Å². The molecule has 1 unspecified atom stereocenters. The number of halogens is 13. The monoisotopic (exact) mass is 645 g/mol. The summed E-state index contributed by atoms with van der Waals surface area (Å²) in [4.78, 5) is 24.3. The van der Waals surface area contributed by atoms with Gasteiger partial charge >= 0.3 is 18.5 Å². The highest BCUT2D eigenvalue weighted by molar-refractivity contribution is 6.48. The fourth-order valence-corrected chi connectivity index (χ4v) is 4.00. The molecule has 2 aromatic carbocycles. The Kier molecular flexibility index (Phi) is 10.6. The number of ketones is 1. The van der Waals surface area contributed by atoms with Crippen LogP contribution in [0.15, 0.2) is 36.4 Å². The van der Waals surface area contributed by atoms with Crippen LogP contribution in [0.5, 0.6) is 0 Å². The summed E-state index contributed by atoms with van der Waals surface area (Å²) in [6.07, 6.45) is -16.2. The molecule has 0 saturated carbocycles. The Morgan fingerprint density at radius 1 is 0.925 bits per heavy atom. The molecule has 40 heavy (non-hydrogen) atoms. The van der Waals surface area contributed by atoms with E-state index in [2.05, 4.69) is 0 Å². The van der Waals surface area contributed by atoms with Crippen LogP contribution in [-0.2, 0) is 11.0 Å². The third-order valence-electron chi connectivity index (χ3n) is 5.33. The van der Waals surface area contributed by atoms with Gasteiger partial charge < -0.3 is 5.32 Å². The van der Waals surface area contributed by atoms with Gasteiger partial charge in [-0.1, -0.05) is 53.9 Å². The lowest BCUT2D eigenvalue weighted by Gasteiger charge is -2.19. The van der Waals surface area contributed by atoms with Crippen molar-refractivity contribution in [1.82, 2.24) is 5.32 Å². The minimum atomic E-state index is -5.30. The van der Waals surface area contributed by atoms with Gasteiger partial charge in [0.1, 0.15) is 18.3 Å². The molecule has 0 saturated heterocycles. The molecule has 0 aliphatic heterocycles. The van der Waals surface area contributed by atoms with Crippen molar-refractivity contribution in [3.8, 4) is 0 Å². The van der Waals surface area contributed by atoms with E-state index >= 15 is 0 Å². The van der Waals surface area contributed by atoms with Crippen molar-refractivity contribution >= 4 is 52.3 Å². The summed E-state index contributed by atoms with van der Waals surface area (Å²) < 4.78 is 134. The topological polar surface area (TPSA) is 46.2 Å². The fourth-order valence-electron chi connectivity index (χ4n) is 3.39. The van der Waals surface area contributed by atoms with E-state index in [1.165, 1.54) is 5.32 Å². The van der Waals surface area contributed by atoms with Gasteiger partial charge in [-0.05, 0) is 29.8 Å². The molecule has 0 bridgehead atoms. The van der Waals surface area contributed by atoms with Gasteiger partial charge in [0, 0.05) is 23.5 Å². The first-order valence-electron chi connectivity index (χ1n) is 10.8. The van der Waals surface area contributed by atoms with Gasteiger partial charge in [-0.15, -0.1) is 0 Å². The van der Waals surface area contributed by atoms with Crippen LogP contribution in [0.4, 0.5) is 43.9 Å². The molecule has 1 amide bonds. The number of allylic oxidation sites excluding steroid dienone is 1. The predicted octanol–water partition coefficient (Wildman–Crippen LogP) is 9.21. The molecule has 0 aromatic heterocycles. The van der Waals surface area contributed by atoms with Crippen molar-refractivity contribution in [1.29, 1.82) is 0 Å². The first kappa shape index (κ1) is 33.7. The Bertz CT molecular complexity index is 1280. The zero-order valence-corrected chi connectivity index (χ0v) is 22.0. The molecule has 0 radical (unpaired) electrons. The number of benzene rings is 2. The number of hydrogen-bond donors (Lipinski definition) is 1. The van der Waals surface area contributed by atoms with Gasteiger partial charge in [0.25, 0.3) is 0 Å². The number of hydrogen-bond acceptors (Lipinski definition) is 2. The van der Waals surface area contributed by atoms with Crippen molar-refractivity contribution in [2.24, 2.45) is 5.92 Å². The van der Waals surface area contributed by atoms with Crippen LogP contribution < -0.4 is 5.32 Å². The summed E-state index contributed by atoms with van der Waals surface area (Å²) in [5.41, 5.74) is -4.44. The highest BCUT2D eigenvalue weighted by Gasteiger charge is 2.41. The lowest BCUT2D eigenvalue weighted by Crippen LogP contribution is -2.37. The van der Waals surface area contributed by atoms with Crippen LogP contribution in [0, 0.1) is 5.92 Å². The number of alkyl halides is 9. The molecular weight excluding hydrogens is 631 g/mol. The van der Waals surface area contributed by atoms with Gasteiger partial charge in [0.05, 0.1) is 20.6 Å². The lowest BCUT2D eigenvalue weighted by atomic mass is 9.92. The Hall–Kier alpha value is -2.51. The van der Waals surface area contributed by atoms with Crippen molar-refractivity contribution in [3.63, 3.8) is 0 Å². The van der Waals surface area contributed by atoms with Crippen LogP contribution in [-0.4, -0.2) is 30.6 Å². The van der Waals surface area contributed by atoms with Gasteiger partial charge in [0.15, 0.2) is 5.78 Å². The Morgan fingerprint density at radius 3 is 1.95 bits per heavy atom. The maximum Gasteiger partial charge on any atom is 0.417 e. The largest absolute Gasteiger partial charge is 0.417 e. The fraction of sp³-hybridized carbons (Fsp3) is 0.333. The number of Topliss-reactive ketones (excluding diaryl/α,β-unsaturated/α-hetero) is 1. The smallest absolute Gasteiger partial charge is 0.347 e. The second-order valence-electron chi connectivity index (χ2n) is 8.45. The van der Waals surface area contributed by atoms with Crippen molar-refractivity contribution in [3.05, 3.63) is 73.7 Å². The van der Waals surface area contributed by atoms with Gasteiger partial charge in [-0.2, -0.15) is 39.5 Å². The van der Waals surface area contributed by atoms with Crippen molar-refractivity contribution in [2.75, 3.05) is 6.54 Å². The number of carbonyl (C=O) groups is 2. The van der Waals surface area contributed by atoms with E-state index in [-0.39, 0.29) is 17.2 Å².